The molecule has 1 aromatic rings. The molecule has 1 fully saturated rings. The summed E-state index contributed by atoms with van der Waals surface area (Å²) in [6, 6.07) is -0.245. The van der Waals surface area contributed by atoms with Crippen molar-refractivity contribution in [1.82, 2.24) is 20.4 Å². The van der Waals surface area contributed by atoms with Crippen LogP contribution in [0.25, 0.3) is 0 Å². The molecular formula is C11H16N4O4. The maximum absolute atomic E-state index is 11.8. The van der Waals surface area contributed by atoms with Crippen molar-refractivity contribution in [3.63, 3.8) is 0 Å². The molecule has 8 heteroatoms. The summed E-state index contributed by atoms with van der Waals surface area (Å²) in [5, 5.41) is 15.1. The van der Waals surface area contributed by atoms with E-state index in [0.29, 0.717) is 38.2 Å². The molecule has 1 aliphatic rings. The van der Waals surface area contributed by atoms with E-state index in [9.17, 15) is 9.59 Å². The van der Waals surface area contributed by atoms with Crippen LogP contribution in [0.4, 0.5) is 4.79 Å². The number of likely N-dealkylation sites (tertiary alicyclic amines) is 1. The molecule has 19 heavy (non-hydrogen) atoms. The Morgan fingerprint density at radius 2 is 2.42 bits per heavy atom. The first-order chi connectivity index (χ1) is 9.16. The molecule has 1 aliphatic heterocycles. The predicted octanol–water partition coefficient (Wildman–Crippen LogP) is 0.118. The fourth-order valence-electron chi connectivity index (χ4n) is 2.06. The fraction of sp³-hybridized carbons (Fsp3) is 0.636. The van der Waals surface area contributed by atoms with Crippen molar-refractivity contribution >= 4 is 12.0 Å². The summed E-state index contributed by atoms with van der Waals surface area (Å²) in [6.45, 7) is 1.24. The van der Waals surface area contributed by atoms with Gasteiger partial charge in [-0.05, 0) is 12.8 Å². The van der Waals surface area contributed by atoms with Crippen molar-refractivity contribution in [2.45, 2.75) is 19.3 Å². The number of aromatic nitrogens is 2. The van der Waals surface area contributed by atoms with Gasteiger partial charge in [0.2, 0.25) is 5.89 Å². The van der Waals surface area contributed by atoms with E-state index < -0.39 is 11.9 Å². The van der Waals surface area contributed by atoms with Gasteiger partial charge in [0, 0.05) is 26.1 Å². The number of carboxylic acids is 1. The number of amides is 2. The van der Waals surface area contributed by atoms with Crippen molar-refractivity contribution in [3.8, 4) is 0 Å². The number of carbonyl (C=O) groups excluding carboxylic acids is 1. The van der Waals surface area contributed by atoms with E-state index in [2.05, 4.69) is 15.5 Å². The second-order valence-electron chi connectivity index (χ2n) is 4.44. The predicted molar refractivity (Wildman–Crippen MR) is 63.3 cm³/mol. The summed E-state index contributed by atoms with van der Waals surface area (Å²) in [5.74, 6) is -0.846. The molecule has 0 aliphatic carbocycles. The Kier molecular flexibility index (Phi) is 4.32. The Morgan fingerprint density at radius 3 is 3.11 bits per heavy atom. The van der Waals surface area contributed by atoms with Crippen molar-refractivity contribution in [1.29, 1.82) is 0 Å². The van der Waals surface area contributed by atoms with Crippen molar-refractivity contribution in [3.05, 3.63) is 12.2 Å². The van der Waals surface area contributed by atoms with E-state index in [1.54, 1.807) is 0 Å². The molecule has 2 N–H and O–H groups in total. The zero-order valence-electron chi connectivity index (χ0n) is 10.4. The summed E-state index contributed by atoms with van der Waals surface area (Å²) < 4.78 is 4.81. The number of carbonyl (C=O) groups is 2. The van der Waals surface area contributed by atoms with Gasteiger partial charge in [-0.25, -0.2) is 4.79 Å². The van der Waals surface area contributed by atoms with Crippen LogP contribution in [0, 0.1) is 5.92 Å². The topological polar surface area (TPSA) is 109 Å². The Labute approximate surface area is 109 Å². The first kappa shape index (κ1) is 13.3. The molecule has 1 unspecified atom stereocenters. The highest BCUT2D eigenvalue weighted by Gasteiger charge is 2.27. The third kappa shape index (κ3) is 3.67. The monoisotopic (exact) mass is 268 g/mol. The molecule has 8 nitrogen and oxygen atoms in total. The average Bonchev–Trinajstić information content (AvgIpc) is 2.92. The molecule has 0 aromatic carbocycles. The minimum Gasteiger partial charge on any atom is -0.481 e. The molecule has 2 heterocycles. The third-order valence-corrected chi connectivity index (χ3v) is 3.08. The lowest BCUT2D eigenvalue weighted by atomic mass is 9.99. The van der Waals surface area contributed by atoms with Crippen LogP contribution in [0.5, 0.6) is 0 Å². The summed E-state index contributed by atoms with van der Waals surface area (Å²) >= 11 is 0. The standard InChI is InChI=1S/C11H16N4O4/c16-10(17)8-2-1-5-15(6-8)11(18)12-4-3-9-13-7-14-19-9/h7-8H,1-6H2,(H,12,18)(H,16,17). The summed E-state index contributed by atoms with van der Waals surface area (Å²) in [5.41, 5.74) is 0. The van der Waals surface area contributed by atoms with Crippen LogP contribution in [0.15, 0.2) is 10.9 Å². The molecule has 1 aromatic heterocycles. The molecule has 104 valence electrons. The molecule has 2 amide bonds. The maximum Gasteiger partial charge on any atom is 0.317 e. The third-order valence-electron chi connectivity index (χ3n) is 3.08. The van der Waals surface area contributed by atoms with Crippen LogP contribution in [0.2, 0.25) is 0 Å². The van der Waals surface area contributed by atoms with Gasteiger partial charge in [0.15, 0.2) is 6.33 Å². The van der Waals surface area contributed by atoms with Gasteiger partial charge in [-0.2, -0.15) is 4.98 Å². The Hall–Kier alpha value is -2.12. The number of urea groups is 1. The van der Waals surface area contributed by atoms with Gasteiger partial charge < -0.3 is 19.8 Å². The number of nitrogens with one attached hydrogen (secondary N) is 1. The number of piperidine rings is 1. The van der Waals surface area contributed by atoms with Gasteiger partial charge in [0.05, 0.1) is 5.92 Å². The SMILES string of the molecule is O=C(O)C1CCCN(C(=O)NCCc2ncno2)C1. The maximum atomic E-state index is 11.8. The quantitative estimate of drug-likeness (QED) is 0.802. The number of rotatable bonds is 4. The van der Waals surface area contributed by atoms with E-state index in [0.717, 1.165) is 0 Å². The largest absolute Gasteiger partial charge is 0.481 e. The number of nitrogens with zero attached hydrogens (tertiary/aromatic N) is 3. The smallest absolute Gasteiger partial charge is 0.317 e. The van der Waals surface area contributed by atoms with E-state index in [1.807, 2.05) is 0 Å². The van der Waals surface area contributed by atoms with Gasteiger partial charge in [-0.3, -0.25) is 4.79 Å². The Bertz CT molecular complexity index is 434. The molecule has 0 radical (unpaired) electrons. The number of hydrogen-bond donors (Lipinski definition) is 2. The first-order valence-corrected chi connectivity index (χ1v) is 6.18. The zero-order valence-corrected chi connectivity index (χ0v) is 10.4. The minimum atomic E-state index is -0.844. The van der Waals surface area contributed by atoms with Crippen molar-refractivity contribution in [2.24, 2.45) is 5.92 Å². The highest BCUT2D eigenvalue weighted by Crippen LogP contribution is 2.16. The Morgan fingerprint density at radius 1 is 1.58 bits per heavy atom. The molecule has 0 bridgehead atoms. The van der Waals surface area contributed by atoms with Gasteiger partial charge in [-0.15, -0.1) is 0 Å². The first-order valence-electron chi connectivity index (χ1n) is 6.18. The fourth-order valence-corrected chi connectivity index (χ4v) is 2.06. The number of hydrogen-bond acceptors (Lipinski definition) is 5. The lowest BCUT2D eigenvalue weighted by Gasteiger charge is -2.30. The van der Waals surface area contributed by atoms with Crippen LogP contribution < -0.4 is 5.32 Å². The minimum absolute atomic E-state index is 0.245. The van der Waals surface area contributed by atoms with Gasteiger partial charge in [0.1, 0.15) is 0 Å². The van der Waals surface area contributed by atoms with Crippen molar-refractivity contribution < 1.29 is 19.2 Å². The second kappa shape index (κ2) is 6.17. The van der Waals surface area contributed by atoms with Gasteiger partial charge >= 0.3 is 12.0 Å². The molecule has 1 atom stereocenters. The van der Waals surface area contributed by atoms with Gasteiger partial charge in [0.25, 0.3) is 0 Å². The lowest BCUT2D eigenvalue weighted by Crippen LogP contribution is -2.47. The molecule has 1 saturated heterocycles. The van der Waals surface area contributed by atoms with Crippen molar-refractivity contribution in [2.75, 3.05) is 19.6 Å². The number of aliphatic carboxylic acids is 1. The van der Waals surface area contributed by atoms with E-state index in [-0.39, 0.29) is 12.6 Å². The average molecular weight is 268 g/mol. The van der Waals surface area contributed by atoms with Crippen LogP contribution in [-0.4, -0.2) is 51.8 Å². The van der Waals surface area contributed by atoms with Crippen LogP contribution in [0.1, 0.15) is 18.7 Å². The molecule has 2 rings (SSSR count). The molecule has 0 saturated carbocycles. The lowest BCUT2D eigenvalue weighted by molar-refractivity contribution is -0.143. The summed E-state index contributed by atoms with van der Waals surface area (Å²) in [6.07, 6.45) is 3.11. The van der Waals surface area contributed by atoms with Crippen LogP contribution in [0.3, 0.4) is 0 Å². The highest BCUT2D eigenvalue weighted by molar-refractivity contribution is 5.76. The van der Waals surface area contributed by atoms with E-state index in [1.165, 1.54) is 11.2 Å². The van der Waals surface area contributed by atoms with Crippen LogP contribution in [-0.2, 0) is 11.2 Å². The zero-order chi connectivity index (χ0) is 13.7. The molecule has 0 spiro atoms. The normalized spacial score (nSPS) is 19.2. The number of carboxylic acid groups (broad SMARTS) is 1. The van der Waals surface area contributed by atoms with E-state index >= 15 is 0 Å². The summed E-state index contributed by atoms with van der Waals surface area (Å²) in [7, 11) is 0. The Balaban J connectivity index is 1.74. The van der Waals surface area contributed by atoms with Gasteiger partial charge in [-0.1, -0.05) is 5.16 Å². The van der Waals surface area contributed by atoms with Crippen LogP contribution >= 0.6 is 0 Å². The molecular weight excluding hydrogens is 252 g/mol. The van der Waals surface area contributed by atoms with E-state index in [4.69, 9.17) is 9.63 Å². The summed E-state index contributed by atoms with van der Waals surface area (Å²) in [4.78, 5) is 28.1. The second-order valence-corrected chi connectivity index (χ2v) is 4.44. The highest BCUT2D eigenvalue weighted by atomic mass is 16.5.